The molecule has 1 aliphatic rings. The fraction of sp³-hybridized carbons (Fsp3) is 0.739. The third-order valence-corrected chi connectivity index (χ3v) is 5.54. The van der Waals surface area contributed by atoms with Crippen molar-refractivity contribution < 1.29 is 24.2 Å². The minimum Gasteiger partial charge on any atom is -0.392 e. The van der Waals surface area contributed by atoms with Gasteiger partial charge in [0.1, 0.15) is 0 Å². The predicted molar refractivity (Wildman–Crippen MR) is 115 cm³/mol. The quantitative estimate of drug-likeness (QED) is 0.340. The van der Waals surface area contributed by atoms with E-state index < -0.39 is 18.1 Å². The van der Waals surface area contributed by atoms with Gasteiger partial charge in [0, 0.05) is 27.2 Å². The highest BCUT2D eigenvalue weighted by molar-refractivity contribution is 5.98. The van der Waals surface area contributed by atoms with Crippen molar-refractivity contribution >= 4 is 11.7 Å². The molecule has 1 unspecified atom stereocenters. The van der Waals surface area contributed by atoms with Crippen LogP contribution in [0.4, 0.5) is 0 Å². The summed E-state index contributed by atoms with van der Waals surface area (Å²) in [7, 11) is 3.25. The number of unbranched alkanes of at least 4 members (excludes halogenated alkanes) is 2. The predicted octanol–water partition coefficient (Wildman–Crippen LogP) is 3.34. The molecule has 1 rings (SSSR count). The number of methoxy groups -OCH3 is 2. The van der Waals surface area contributed by atoms with Crippen molar-refractivity contribution in [3.8, 4) is 0 Å². The minimum atomic E-state index is -0.776. The van der Waals surface area contributed by atoms with Gasteiger partial charge in [0.2, 0.25) is 5.91 Å². The first-order valence-electron chi connectivity index (χ1n) is 10.8. The lowest BCUT2D eigenvalue weighted by atomic mass is 9.82. The van der Waals surface area contributed by atoms with E-state index in [4.69, 9.17) is 9.47 Å². The second-order valence-electron chi connectivity index (χ2n) is 7.76. The molecule has 0 saturated carbocycles. The van der Waals surface area contributed by atoms with Crippen molar-refractivity contribution in [2.24, 2.45) is 5.92 Å². The molecular weight excluding hydrogens is 370 g/mol. The Morgan fingerprint density at radius 2 is 2.07 bits per heavy atom. The molecule has 0 bridgehead atoms. The first kappa shape index (κ1) is 25.5. The zero-order chi connectivity index (χ0) is 21.6. The summed E-state index contributed by atoms with van der Waals surface area (Å²) in [6.45, 7) is 4.15. The lowest BCUT2D eigenvalue weighted by Crippen LogP contribution is -2.47. The molecule has 6 heteroatoms. The van der Waals surface area contributed by atoms with Gasteiger partial charge in [-0.25, -0.2) is 0 Å². The first-order valence-corrected chi connectivity index (χ1v) is 10.8. The number of ether oxygens (including phenoxy) is 2. The van der Waals surface area contributed by atoms with E-state index in [1.165, 1.54) is 26.4 Å². The zero-order valence-corrected chi connectivity index (χ0v) is 18.5. The second kappa shape index (κ2) is 14.5. The largest absolute Gasteiger partial charge is 0.392 e. The molecule has 0 spiro atoms. The van der Waals surface area contributed by atoms with Crippen molar-refractivity contribution in [2.75, 3.05) is 20.8 Å². The van der Waals surface area contributed by atoms with Gasteiger partial charge in [-0.2, -0.15) is 0 Å². The van der Waals surface area contributed by atoms with Gasteiger partial charge in [0.25, 0.3) is 0 Å². The van der Waals surface area contributed by atoms with Crippen molar-refractivity contribution in [3.05, 3.63) is 23.8 Å². The van der Waals surface area contributed by atoms with E-state index in [2.05, 4.69) is 18.3 Å². The number of ketones is 1. The Morgan fingerprint density at radius 3 is 2.72 bits per heavy atom. The summed E-state index contributed by atoms with van der Waals surface area (Å²) in [5.41, 5.74) is 0.642. The van der Waals surface area contributed by atoms with Crippen LogP contribution in [0.15, 0.2) is 23.8 Å². The Balaban J connectivity index is 2.33. The third kappa shape index (κ3) is 9.24. The molecule has 0 aliphatic heterocycles. The standard InChI is InChI=1S/C23H39NO5/c1-5-6-8-11-18(28-3)12-9-7-10-13-21(26)24-16-20(29-4)22-19(25)15-14-17(2)23(22)27/h7,9,14,18-20,22,25H,5-6,8,10-13,15-16H2,1-4H3,(H,24,26)/b9-7+/t18-,19-,20+,22?/m0/s1. The molecule has 0 radical (unpaired) electrons. The fourth-order valence-corrected chi connectivity index (χ4v) is 3.59. The monoisotopic (exact) mass is 409 g/mol. The summed E-state index contributed by atoms with van der Waals surface area (Å²) in [6.07, 6.45) is 11.8. The van der Waals surface area contributed by atoms with Crippen molar-refractivity contribution in [1.82, 2.24) is 5.32 Å². The number of allylic oxidation sites excluding steroid dienone is 2. The molecule has 2 N–H and O–H groups in total. The highest BCUT2D eigenvalue weighted by Crippen LogP contribution is 2.25. The minimum absolute atomic E-state index is 0.0899. The van der Waals surface area contributed by atoms with E-state index in [1.54, 1.807) is 20.1 Å². The number of Topliss-reactive ketones (excluding diaryl/α,β-unsaturated/α-hetero) is 1. The lowest BCUT2D eigenvalue weighted by Gasteiger charge is -2.31. The first-order chi connectivity index (χ1) is 13.9. The second-order valence-corrected chi connectivity index (χ2v) is 7.76. The van der Waals surface area contributed by atoms with Gasteiger partial charge < -0.3 is 19.9 Å². The Morgan fingerprint density at radius 1 is 1.31 bits per heavy atom. The van der Waals surface area contributed by atoms with E-state index in [9.17, 15) is 14.7 Å². The number of hydrogen-bond acceptors (Lipinski definition) is 5. The van der Waals surface area contributed by atoms with Crippen LogP contribution in [0.1, 0.15) is 65.2 Å². The number of amides is 1. The summed E-state index contributed by atoms with van der Waals surface area (Å²) in [4.78, 5) is 24.5. The maximum atomic E-state index is 12.3. The molecular formula is C23H39NO5. The molecule has 6 nitrogen and oxygen atoms in total. The van der Waals surface area contributed by atoms with Crippen LogP contribution in [0.3, 0.4) is 0 Å². The van der Waals surface area contributed by atoms with Gasteiger partial charge in [-0.05, 0) is 38.2 Å². The van der Waals surface area contributed by atoms with E-state index in [1.807, 2.05) is 6.08 Å². The zero-order valence-electron chi connectivity index (χ0n) is 18.5. The van der Waals surface area contributed by atoms with E-state index in [-0.39, 0.29) is 24.3 Å². The number of carbonyl (C=O) groups is 2. The Labute approximate surface area is 175 Å². The molecule has 0 fully saturated rings. The number of rotatable bonds is 14. The van der Waals surface area contributed by atoms with Crippen molar-refractivity contribution in [2.45, 2.75) is 83.5 Å². The molecule has 0 heterocycles. The maximum absolute atomic E-state index is 12.3. The SMILES string of the molecule is CCCCC[C@@H](C/C=C/CCC(=O)NC[C@@H](OC)C1C(=O)C(C)=CC[C@@H]1O)OC. The average Bonchev–Trinajstić information content (AvgIpc) is 2.71. The van der Waals surface area contributed by atoms with E-state index in [0.717, 1.165) is 12.8 Å². The molecule has 0 aromatic carbocycles. The van der Waals surface area contributed by atoms with Gasteiger partial charge in [-0.15, -0.1) is 0 Å². The molecule has 1 amide bonds. The number of nitrogens with one attached hydrogen (secondary N) is 1. The number of carbonyl (C=O) groups excluding carboxylic acids is 2. The van der Waals surface area contributed by atoms with Crippen LogP contribution < -0.4 is 5.32 Å². The van der Waals surface area contributed by atoms with Gasteiger partial charge >= 0.3 is 0 Å². The van der Waals surface area contributed by atoms with Crippen molar-refractivity contribution in [3.63, 3.8) is 0 Å². The summed E-state index contributed by atoms with van der Waals surface area (Å²) in [6, 6.07) is 0. The summed E-state index contributed by atoms with van der Waals surface area (Å²) < 4.78 is 10.9. The highest BCUT2D eigenvalue weighted by atomic mass is 16.5. The normalized spacial score (nSPS) is 21.8. The summed E-state index contributed by atoms with van der Waals surface area (Å²) >= 11 is 0. The Kier molecular flexibility index (Phi) is 12.7. The van der Waals surface area contributed by atoms with Gasteiger partial charge in [-0.1, -0.05) is 44.4 Å². The van der Waals surface area contributed by atoms with Crippen LogP contribution in [0.25, 0.3) is 0 Å². The molecule has 29 heavy (non-hydrogen) atoms. The number of aliphatic hydroxyl groups excluding tert-OH is 1. The molecule has 0 aromatic heterocycles. The van der Waals surface area contributed by atoms with Crippen LogP contribution in [-0.4, -0.2) is 55.9 Å². The van der Waals surface area contributed by atoms with Crippen LogP contribution in [0, 0.1) is 5.92 Å². The Bertz CT molecular complexity index is 557. The fourth-order valence-electron chi connectivity index (χ4n) is 3.59. The lowest BCUT2D eigenvalue weighted by molar-refractivity contribution is -0.132. The van der Waals surface area contributed by atoms with Crippen LogP contribution in [-0.2, 0) is 19.1 Å². The molecule has 166 valence electrons. The summed E-state index contributed by atoms with van der Waals surface area (Å²) in [5, 5.41) is 13.0. The summed E-state index contributed by atoms with van der Waals surface area (Å²) in [5.74, 6) is -0.837. The smallest absolute Gasteiger partial charge is 0.220 e. The van der Waals surface area contributed by atoms with Gasteiger partial charge in [-0.3, -0.25) is 9.59 Å². The maximum Gasteiger partial charge on any atom is 0.220 e. The molecule has 0 aromatic rings. The van der Waals surface area contributed by atoms with E-state index in [0.29, 0.717) is 24.8 Å². The number of hydrogen-bond donors (Lipinski definition) is 2. The Hall–Kier alpha value is -1.50. The average molecular weight is 410 g/mol. The van der Waals surface area contributed by atoms with Crippen molar-refractivity contribution in [1.29, 1.82) is 0 Å². The molecule has 1 aliphatic carbocycles. The highest BCUT2D eigenvalue weighted by Gasteiger charge is 2.37. The van der Waals surface area contributed by atoms with Crippen LogP contribution >= 0.6 is 0 Å². The van der Waals surface area contributed by atoms with Gasteiger partial charge in [0.15, 0.2) is 5.78 Å². The third-order valence-electron chi connectivity index (χ3n) is 5.54. The topological polar surface area (TPSA) is 84.9 Å². The molecule has 4 atom stereocenters. The van der Waals surface area contributed by atoms with Crippen LogP contribution in [0.2, 0.25) is 0 Å². The van der Waals surface area contributed by atoms with Gasteiger partial charge in [0.05, 0.1) is 24.2 Å². The van der Waals surface area contributed by atoms with E-state index >= 15 is 0 Å². The molecule has 0 saturated heterocycles. The van der Waals surface area contributed by atoms with Crippen LogP contribution in [0.5, 0.6) is 0 Å². The number of aliphatic hydroxyl groups is 1.